The molecule has 3 heterocycles. The van der Waals surface area contributed by atoms with Gasteiger partial charge in [-0.15, -0.1) is 0 Å². The first-order valence-corrected chi connectivity index (χ1v) is 14.2. The van der Waals surface area contributed by atoms with Crippen LogP contribution in [0.4, 0.5) is 5.69 Å². The van der Waals surface area contributed by atoms with E-state index in [1.54, 1.807) is 0 Å². The van der Waals surface area contributed by atoms with Crippen molar-refractivity contribution in [2.45, 2.75) is 60.0 Å². The molecule has 0 spiro atoms. The molecule has 2 aromatic carbocycles. The van der Waals surface area contributed by atoms with E-state index in [0.717, 1.165) is 33.9 Å². The van der Waals surface area contributed by atoms with Gasteiger partial charge in [0.05, 0.1) is 17.8 Å². The van der Waals surface area contributed by atoms with Crippen LogP contribution in [-0.2, 0) is 4.79 Å². The topological polar surface area (TPSA) is 62.2 Å². The van der Waals surface area contributed by atoms with Crippen LogP contribution in [0.15, 0.2) is 66.9 Å². The molecule has 206 valence electrons. The molecule has 2 aromatic heterocycles. The van der Waals surface area contributed by atoms with Crippen LogP contribution in [0.25, 0.3) is 5.69 Å². The summed E-state index contributed by atoms with van der Waals surface area (Å²) in [7, 11) is 0. The molecule has 1 saturated heterocycles. The summed E-state index contributed by atoms with van der Waals surface area (Å²) in [5.41, 5.74) is 11.1. The summed E-state index contributed by atoms with van der Waals surface area (Å²) >= 11 is 5.88. The number of pyridine rings is 1. The van der Waals surface area contributed by atoms with Crippen LogP contribution in [0.2, 0.25) is 0 Å². The Morgan fingerprint density at radius 1 is 0.975 bits per heavy atom. The van der Waals surface area contributed by atoms with Gasteiger partial charge in [0.25, 0.3) is 0 Å². The van der Waals surface area contributed by atoms with Crippen molar-refractivity contribution in [3.05, 3.63) is 112 Å². The first kappa shape index (κ1) is 27.6. The fourth-order valence-corrected chi connectivity index (χ4v) is 6.06. The number of nitrogens with one attached hydrogen (secondary N) is 2. The zero-order valence-electron chi connectivity index (χ0n) is 24.1. The van der Waals surface area contributed by atoms with Crippen molar-refractivity contribution in [1.82, 2.24) is 19.8 Å². The number of aryl methyl sites for hydroxylation is 4. The molecule has 0 aliphatic carbocycles. The van der Waals surface area contributed by atoms with Gasteiger partial charge in [0.15, 0.2) is 5.11 Å². The second-order valence-corrected chi connectivity index (χ2v) is 11.2. The maximum Gasteiger partial charge on any atom is 0.226 e. The van der Waals surface area contributed by atoms with E-state index in [0.29, 0.717) is 18.1 Å². The molecule has 1 amide bonds. The molecule has 2 atom stereocenters. The van der Waals surface area contributed by atoms with Crippen molar-refractivity contribution in [3.63, 3.8) is 0 Å². The molecule has 7 heteroatoms. The molecule has 0 radical (unpaired) electrons. The number of amides is 1. The van der Waals surface area contributed by atoms with Crippen molar-refractivity contribution in [2.75, 3.05) is 11.9 Å². The van der Waals surface area contributed by atoms with Gasteiger partial charge in [-0.25, -0.2) is 0 Å². The second-order valence-electron chi connectivity index (χ2n) is 10.8. The Kier molecular flexibility index (Phi) is 7.76. The van der Waals surface area contributed by atoms with Crippen LogP contribution >= 0.6 is 12.2 Å². The fraction of sp³-hybridized carbons (Fsp3) is 0.303. The van der Waals surface area contributed by atoms with Crippen molar-refractivity contribution in [2.24, 2.45) is 0 Å². The molecule has 1 aliphatic heterocycles. The highest BCUT2D eigenvalue weighted by Crippen LogP contribution is 2.41. The maximum atomic E-state index is 13.1. The summed E-state index contributed by atoms with van der Waals surface area (Å²) in [4.78, 5) is 19.9. The molecule has 0 bridgehead atoms. The fourth-order valence-electron chi connectivity index (χ4n) is 5.73. The molecular weight excluding hydrogens is 514 g/mol. The van der Waals surface area contributed by atoms with Gasteiger partial charge in [-0.3, -0.25) is 9.78 Å². The number of benzene rings is 2. The van der Waals surface area contributed by atoms with E-state index in [-0.39, 0.29) is 18.0 Å². The van der Waals surface area contributed by atoms with Crippen LogP contribution < -0.4 is 10.6 Å². The highest BCUT2D eigenvalue weighted by molar-refractivity contribution is 7.80. The van der Waals surface area contributed by atoms with Gasteiger partial charge in [0.2, 0.25) is 5.91 Å². The number of hydrogen-bond donors (Lipinski definition) is 2. The molecule has 1 fully saturated rings. The molecular formula is C33H37N5OS. The Morgan fingerprint density at radius 2 is 1.77 bits per heavy atom. The van der Waals surface area contributed by atoms with Gasteiger partial charge in [0, 0.05) is 41.9 Å². The third-order valence-corrected chi connectivity index (χ3v) is 8.40. The van der Waals surface area contributed by atoms with E-state index in [2.05, 4.69) is 83.1 Å². The van der Waals surface area contributed by atoms with Crippen molar-refractivity contribution in [3.8, 4) is 5.69 Å². The zero-order valence-corrected chi connectivity index (χ0v) is 24.9. The number of nitrogens with zero attached hydrogens (tertiary/aromatic N) is 3. The molecule has 0 saturated carbocycles. The van der Waals surface area contributed by atoms with Crippen molar-refractivity contribution >= 4 is 28.9 Å². The average molecular weight is 552 g/mol. The number of carbonyl (C=O) groups is 1. The Balaban J connectivity index is 1.49. The van der Waals surface area contributed by atoms with Crippen LogP contribution in [0.5, 0.6) is 0 Å². The molecule has 5 rings (SSSR count). The number of aromatic nitrogens is 2. The van der Waals surface area contributed by atoms with E-state index in [4.69, 9.17) is 12.2 Å². The second kappa shape index (κ2) is 11.3. The molecule has 2 N–H and O–H groups in total. The first-order chi connectivity index (χ1) is 19.2. The number of carbonyl (C=O) groups excluding carboxylic acids is 1. The highest BCUT2D eigenvalue weighted by Gasteiger charge is 2.41. The van der Waals surface area contributed by atoms with Gasteiger partial charge < -0.3 is 20.1 Å². The van der Waals surface area contributed by atoms with E-state index in [1.165, 1.54) is 22.4 Å². The minimum Gasteiger partial charge on any atom is -0.352 e. The Hall–Kier alpha value is -3.97. The normalized spacial score (nSPS) is 16.8. The van der Waals surface area contributed by atoms with E-state index in [9.17, 15) is 4.79 Å². The summed E-state index contributed by atoms with van der Waals surface area (Å²) in [5.74, 6) is -0.0302. The van der Waals surface area contributed by atoms with Crippen molar-refractivity contribution < 1.29 is 4.79 Å². The summed E-state index contributed by atoms with van der Waals surface area (Å²) in [6, 6.07) is 20.5. The lowest BCUT2D eigenvalue weighted by Crippen LogP contribution is -2.33. The van der Waals surface area contributed by atoms with Crippen LogP contribution in [-0.4, -0.2) is 32.0 Å². The number of anilines is 1. The minimum atomic E-state index is -0.136. The van der Waals surface area contributed by atoms with Gasteiger partial charge >= 0.3 is 0 Å². The smallest absolute Gasteiger partial charge is 0.226 e. The standard InChI is InChI=1S/C33H37N5OS/c1-20-13-14-22(3)28(18-20)35-30(39)15-17-37-32(31(36-33(37)40)27-11-7-8-16-34-27)26-19-23(4)38(25(26)6)29-12-9-10-21(2)24(29)5/h7-14,16,18-19,31-32H,15,17H2,1-6H3,(H,35,39)(H,36,40). The summed E-state index contributed by atoms with van der Waals surface area (Å²) in [6.45, 7) is 13.2. The first-order valence-electron chi connectivity index (χ1n) is 13.8. The predicted octanol–water partition coefficient (Wildman–Crippen LogP) is 6.72. The largest absolute Gasteiger partial charge is 0.352 e. The van der Waals surface area contributed by atoms with E-state index < -0.39 is 0 Å². The number of hydrogen-bond acceptors (Lipinski definition) is 3. The molecule has 2 unspecified atom stereocenters. The van der Waals surface area contributed by atoms with Gasteiger partial charge in [-0.05, 0) is 112 Å². The van der Waals surface area contributed by atoms with Gasteiger partial charge in [-0.2, -0.15) is 0 Å². The number of rotatable bonds is 7. The lowest BCUT2D eigenvalue weighted by atomic mass is 9.96. The van der Waals surface area contributed by atoms with Gasteiger partial charge in [-0.1, -0.05) is 30.3 Å². The summed E-state index contributed by atoms with van der Waals surface area (Å²) in [5, 5.41) is 7.26. The quantitative estimate of drug-likeness (QED) is 0.250. The van der Waals surface area contributed by atoms with Crippen molar-refractivity contribution in [1.29, 1.82) is 0 Å². The minimum absolute atomic E-state index is 0.0302. The van der Waals surface area contributed by atoms with Crippen LogP contribution in [0.3, 0.4) is 0 Å². The van der Waals surface area contributed by atoms with Gasteiger partial charge in [0.1, 0.15) is 0 Å². The summed E-state index contributed by atoms with van der Waals surface area (Å²) < 4.78 is 2.33. The monoisotopic (exact) mass is 551 g/mol. The average Bonchev–Trinajstić information content (AvgIpc) is 3.41. The Morgan fingerprint density at radius 3 is 2.52 bits per heavy atom. The molecule has 6 nitrogen and oxygen atoms in total. The maximum absolute atomic E-state index is 13.1. The molecule has 1 aliphatic rings. The Labute approximate surface area is 242 Å². The molecule has 40 heavy (non-hydrogen) atoms. The third kappa shape index (κ3) is 5.26. The highest BCUT2D eigenvalue weighted by atomic mass is 32.1. The lowest BCUT2D eigenvalue weighted by molar-refractivity contribution is -0.116. The lowest BCUT2D eigenvalue weighted by Gasteiger charge is -2.28. The molecule has 4 aromatic rings. The van der Waals surface area contributed by atoms with E-state index >= 15 is 0 Å². The number of thiocarbonyl (C=S) groups is 1. The van der Waals surface area contributed by atoms with Crippen LogP contribution in [0.1, 0.15) is 63.4 Å². The van der Waals surface area contributed by atoms with Crippen LogP contribution in [0, 0.1) is 41.5 Å². The predicted molar refractivity (Wildman–Crippen MR) is 166 cm³/mol. The SMILES string of the molecule is Cc1ccc(C)c(NC(=O)CCN2C(=S)NC(c3ccccn3)C2c2cc(C)n(-c3cccc(C)c3C)c2C)c1. The van der Waals surface area contributed by atoms with E-state index in [1.807, 2.05) is 50.4 Å². The Bertz CT molecular complexity index is 1580. The zero-order chi connectivity index (χ0) is 28.6. The third-order valence-electron chi connectivity index (χ3n) is 8.05. The summed E-state index contributed by atoms with van der Waals surface area (Å²) in [6.07, 6.45) is 2.13.